The molecule has 0 saturated carbocycles. The van der Waals surface area contributed by atoms with E-state index in [1.165, 1.54) is 0 Å². The van der Waals surface area contributed by atoms with Crippen molar-refractivity contribution in [2.75, 3.05) is 37.8 Å². The Balaban J connectivity index is 1.47. The van der Waals surface area contributed by atoms with Gasteiger partial charge in [0, 0.05) is 26.2 Å². The lowest BCUT2D eigenvalue weighted by atomic mass is 9.95. The number of aromatic nitrogens is 6. The van der Waals surface area contributed by atoms with E-state index in [1.807, 2.05) is 43.4 Å². The van der Waals surface area contributed by atoms with E-state index in [1.54, 1.807) is 0 Å². The highest BCUT2D eigenvalue weighted by atomic mass is 15.3. The Morgan fingerprint density at radius 1 is 1.11 bits per heavy atom. The fourth-order valence-corrected chi connectivity index (χ4v) is 3.63. The molecule has 9 heteroatoms. The molecule has 27 heavy (non-hydrogen) atoms. The molecule has 4 rings (SSSR count). The molecule has 1 fully saturated rings. The SMILES string of the molecule is CC(c1nc(N)nc(N(C)C)n1)N1CCC(c2nnc3ccccn23)CC1. The highest BCUT2D eigenvalue weighted by Crippen LogP contribution is 2.31. The van der Waals surface area contributed by atoms with Crippen molar-refractivity contribution in [1.29, 1.82) is 0 Å². The number of nitrogens with zero attached hydrogens (tertiary/aromatic N) is 8. The zero-order chi connectivity index (χ0) is 19.0. The number of hydrogen-bond donors (Lipinski definition) is 1. The van der Waals surface area contributed by atoms with Crippen molar-refractivity contribution in [2.45, 2.75) is 31.7 Å². The van der Waals surface area contributed by atoms with Crippen LogP contribution < -0.4 is 10.6 Å². The molecule has 1 unspecified atom stereocenters. The molecule has 2 N–H and O–H groups in total. The van der Waals surface area contributed by atoms with Gasteiger partial charge in [0.15, 0.2) is 11.5 Å². The first-order valence-electron chi connectivity index (χ1n) is 9.25. The second kappa shape index (κ2) is 7.07. The van der Waals surface area contributed by atoms with Gasteiger partial charge in [0.05, 0.1) is 6.04 Å². The van der Waals surface area contributed by atoms with E-state index < -0.39 is 0 Å². The van der Waals surface area contributed by atoms with E-state index >= 15 is 0 Å². The third-order valence-corrected chi connectivity index (χ3v) is 5.21. The Bertz CT molecular complexity index is 927. The van der Waals surface area contributed by atoms with Crippen LogP contribution in [0.2, 0.25) is 0 Å². The summed E-state index contributed by atoms with van der Waals surface area (Å²) in [6, 6.07) is 6.08. The fourth-order valence-electron chi connectivity index (χ4n) is 3.63. The molecule has 0 bridgehead atoms. The molecule has 4 heterocycles. The number of pyridine rings is 1. The summed E-state index contributed by atoms with van der Waals surface area (Å²) in [7, 11) is 3.80. The van der Waals surface area contributed by atoms with Crippen molar-refractivity contribution in [2.24, 2.45) is 0 Å². The van der Waals surface area contributed by atoms with Crippen LogP contribution in [0.3, 0.4) is 0 Å². The quantitative estimate of drug-likeness (QED) is 0.740. The maximum atomic E-state index is 5.88. The van der Waals surface area contributed by atoms with Gasteiger partial charge in [-0.3, -0.25) is 9.30 Å². The van der Waals surface area contributed by atoms with Gasteiger partial charge in [-0.2, -0.15) is 15.0 Å². The van der Waals surface area contributed by atoms with Gasteiger partial charge < -0.3 is 10.6 Å². The van der Waals surface area contributed by atoms with Crippen LogP contribution in [-0.4, -0.2) is 61.6 Å². The molecule has 0 amide bonds. The number of rotatable bonds is 4. The first-order chi connectivity index (χ1) is 13.0. The summed E-state index contributed by atoms with van der Waals surface area (Å²) in [4.78, 5) is 17.4. The lowest BCUT2D eigenvalue weighted by molar-refractivity contribution is 0.154. The van der Waals surface area contributed by atoms with Crippen LogP contribution in [0.25, 0.3) is 5.65 Å². The summed E-state index contributed by atoms with van der Waals surface area (Å²) in [5.41, 5.74) is 6.78. The van der Waals surface area contributed by atoms with Gasteiger partial charge in [0.1, 0.15) is 5.82 Å². The van der Waals surface area contributed by atoms with E-state index in [-0.39, 0.29) is 12.0 Å². The molecule has 1 aliphatic heterocycles. The number of nitrogens with two attached hydrogens (primary N) is 1. The summed E-state index contributed by atoms with van der Waals surface area (Å²) in [5, 5.41) is 8.71. The van der Waals surface area contributed by atoms with Gasteiger partial charge in [-0.05, 0) is 45.0 Å². The minimum absolute atomic E-state index is 0.0880. The minimum atomic E-state index is 0.0880. The first kappa shape index (κ1) is 17.6. The maximum absolute atomic E-state index is 5.88. The molecule has 1 atom stereocenters. The van der Waals surface area contributed by atoms with Crippen molar-refractivity contribution in [3.05, 3.63) is 36.0 Å². The summed E-state index contributed by atoms with van der Waals surface area (Å²) < 4.78 is 2.10. The minimum Gasteiger partial charge on any atom is -0.368 e. The van der Waals surface area contributed by atoms with Gasteiger partial charge >= 0.3 is 0 Å². The van der Waals surface area contributed by atoms with Crippen molar-refractivity contribution in [1.82, 2.24) is 34.4 Å². The van der Waals surface area contributed by atoms with Crippen molar-refractivity contribution < 1.29 is 0 Å². The Kier molecular flexibility index (Phi) is 4.61. The van der Waals surface area contributed by atoms with Crippen LogP contribution in [0.1, 0.15) is 43.4 Å². The van der Waals surface area contributed by atoms with Crippen molar-refractivity contribution in [3.63, 3.8) is 0 Å². The van der Waals surface area contributed by atoms with E-state index in [9.17, 15) is 0 Å². The molecule has 0 aromatic carbocycles. The number of fused-ring (bicyclic) bond motifs is 1. The Labute approximate surface area is 158 Å². The average molecular weight is 367 g/mol. The van der Waals surface area contributed by atoms with Crippen LogP contribution in [0, 0.1) is 0 Å². The molecule has 0 spiro atoms. The van der Waals surface area contributed by atoms with Gasteiger partial charge in [-0.1, -0.05) is 6.07 Å². The lowest BCUT2D eigenvalue weighted by Gasteiger charge is -2.34. The normalized spacial score (nSPS) is 17.3. The molecule has 3 aromatic rings. The molecular weight excluding hydrogens is 342 g/mol. The smallest absolute Gasteiger partial charge is 0.229 e. The number of nitrogen functional groups attached to an aromatic ring is 1. The summed E-state index contributed by atoms with van der Waals surface area (Å²) in [6.07, 6.45) is 4.10. The zero-order valence-corrected chi connectivity index (χ0v) is 15.9. The highest BCUT2D eigenvalue weighted by molar-refractivity contribution is 5.37. The van der Waals surface area contributed by atoms with Crippen LogP contribution in [0.5, 0.6) is 0 Å². The Morgan fingerprint density at radius 2 is 1.89 bits per heavy atom. The second-order valence-electron chi connectivity index (χ2n) is 7.22. The lowest BCUT2D eigenvalue weighted by Crippen LogP contribution is -2.36. The van der Waals surface area contributed by atoms with Crippen LogP contribution >= 0.6 is 0 Å². The number of hydrogen-bond acceptors (Lipinski definition) is 8. The van der Waals surface area contributed by atoms with E-state index in [2.05, 4.69) is 41.4 Å². The molecule has 3 aromatic heterocycles. The van der Waals surface area contributed by atoms with Crippen LogP contribution in [0.15, 0.2) is 24.4 Å². The molecule has 0 radical (unpaired) electrons. The van der Waals surface area contributed by atoms with Crippen LogP contribution in [-0.2, 0) is 0 Å². The Hall–Kier alpha value is -2.81. The van der Waals surface area contributed by atoms with Crippen molar-refractivity contribution in [3.8, 4) is 0 Å². The molecule has 9 nitrogen and oxygen atoms in total. The van der Waals surface area contributed by atoms with Crippen molar-refractivity contribution >= 4 is 17.5 Å². The Morgan fingerprint density at radius 3 is 2.63 bits per heavy atom. The molecular formula is C18H25N9. The largest absolute Gasteiger partial charge is 0.368 e. The summed E-state index contributed by atoms with van der Waals surface area (Å²) >= 11 is 0. The van der Waals surface area contributed by atoms with Gasteiger partial charge in [0.25, 0.3) is 0 Å². The molecule has 142 valence electrons. The highest BCUT2D eigenvalue weighted by Gasteiger charge is 2.28. The second-order valence-corrected chi connectivity index (χ2v) is 7.22. The van der Waals surface area contributed by atoms with Crippen LogP contribution in [0.4, 0.5) is 11.9 Å². The topological polar surface area (TPSA) is 101 Å². The van der Waals surface area contributed by atoms with E-state index in [0.29, 0.717) is 11.9 Å². The molecule has 1 aliphatic rings. The maximum Gasteiger partial charge on any atom is 0.229 e. The van der Waals surface area contributed by atoms with E-state index in [0.717, 1.165) is 43.2 Å². The first-order valence-corrected chi connectivity index (χ1v) is 9.25. The number of piperidine rings is 1. The summed E-state index contributed by atoms with van der Waals surface area (Å²) in [6.45, 7) is 4.04. The molecule has 0 aliphatic carbocycles. The van der Waals surface area contributed by atoms with E-state index in [4.69, 9.17) is 5.73 Å². The third kappa shape index (κ3) is 3.42. The fraction of sp³-hybridized carbons (Fsp3) is 0.500. The van der Waals surface area contributed by atoms with Gasteiger partial charge in [0.2, 0.25) is 11.9 Å². The monoisotopic (exact) mass is 367 g/mol. The molecule has 1 saturated heterocycles. The third-order valence-electron chi connectivity index (χ3n) is 5.21. The standard InChI is InChI=1S/C18H25N9/c1-12(15-20-17(19)22-18(21-15)25(2)3)26-10-7-13(8-11-26)16-24-23-14-6-4-5-9-27(14)16/h4-6,9,12-13H,7-8,10-11H2,1-3H3,(H2,19,20,21,22). The average Bonchev–Trinajstić information content (AvgIpc) is 3.11. The van der Waals surface area contributed by atoms with Gasteiger partial charge in [-0.25, -0.2) is 0 Å². The predicted octanol–water partition coefficient (Wildman–Crippen LogP) is 1.50. The van der Waals surface area contributed by atoms with Gasteiger partial charge in [-0.15, -0.1) is 10.2 Å². The summed E-state index contributed by atoms with van der Waals surface area (Å²) in [5.74, 6) is 3.04. The number of anilines is 2. The predicted molar refractivity (Wildman–Crippen MR) is 104 cm³/mol. The zero-order valence-electron chi connectivity index (χ0n) is 15.9. The number of likely N-dealkylation sites (tertiary alicyclic amines) is 1.